The van der Waals surface area contributed by atoms with Crippen LogP contribution < -0.4 is 10.6 Å². The highest BCUT2D eigenvalue weighted by molar-refractivity contribution is 5.85. The number of carbonyl (C=O) groups is 2. The maximum absolute atomic E-state index is 11.4. The van der Waals surface area contributed by atoms with E-state index in [1.54, 1.807) is 19.9 Å². The molecule has 5 heteroatoms. The molecule has 0 aromatic carbocycles. The van der Waals surface area contributed by atoms with Crippen LogP contribution in [-0.4, -0.2) is 28.7 Å². The van der Waals surface area contributed by atoms with Gasteiger partial charge < -0.3 is 15.7 Å². The third kappa shape index (κ3) is 4.01. The van der Waals surface area contributed by atoms with Crippen molar-refractivity contribution in [1.82, 2.24) is 10.6 Å². The van der Waals surface area contributed by atoms with Gasteiger partial charge in [0.05, 0.1) is 0 Å². The van der Waals surface area contributed by atoms with Crippen molar-refractivity contribution in [3.63, 3.8) is 0 Å². The number of carboxylic acid groups (broad SMARTS) is 1. The van der Waals surface area contributed by atoms with E-state index in [1.807, 2.05) is 0 Å². The molecule has 0 bridgehead atoms. The lowest BCUT2D eigenvalue weighted by atomic mass is 10.00. The minimum atomic E-state index is -1.23. The molecule has 2 atom stereocenters. The number of hydrogen-bond donors (Lipinski definition) is 3. The van der Waals surface area contributed by atoms with Crippen LogP contribution in [0.3, 0.4) is 0 Å². The Bertz CT molecular complexity index is 265. The van der Waals surface area contributed by atoms with Crippen LogP contribution >= 0.6 is 0 Å². The number of amides is 2. The van der Waals surface area contributed by atoms with Crippen LogP contribution in [0.5, 0.6) is 0 Å². The summed E-state index contributed by atoms with van der Waals surface area (Å²) < 4.78 is 0. The highest BCUT2D eigenvalue weighted by Gasteiger charge is 2.32. The Morgan fingerprint density at radius 2 is 2.13 bits per heavy atom. The lowest BCUT2D eigenvalue weighted by Crippen LogP contribution is -2.55. The first-order chi connectivity index (χ1) is 6.85. The number of carbonyl (C=O) groups excluding carboxylic acids is 1. The van der Waals surface area contributed by atoms with Crippen molar-refractivity contribution in [1.29, 1.82) is 0 Å². The molecule has 0 aromatic heterocycles. The van der Waals surface area contributed by atoms with E-state index in [0.717, 1.165) is 0 Å². The molecular weight excluding hydrogens is 196 g/mol. The first kappa shape index (κ1) is 13.5. The Kier molecular flexibility index (Phi) is 4.84. The number of carboxylic acids is 1. The van der Waals surface area contributed by atoms with Crippen LogP contribution in [0.15, 0.2) is 12.7 Å². The van der Waals surface area contributed by atoms with E-state index >= 15 is 0 Å². The number of aliphatic carboxylic acids is 1. The summed E-state index contributed by atoms with van der Waals surface area (Å²) in [6.07, 6.45) is 1.88. The molecule has 15 heavy (non-hydrogen) atoms. The van der Waals surface area contributed by atoms with Gasteiger partial charge in [0.25, 0.3) is 0 Å². The highest BCUT2D eigenvalue weighted by Crippen LogP contribution is 2.08. The minimum Gasteiger partial charge on any atom is -0.480 e. The fourth-order valence-electron chi connectivity index (χ4n) is 0.845. The Labute approximate surface area is 89.6 Å². The van der Waals surface area contributed by atoms with Gasteiger partial charge >= 0.3 is 12.0 Å². The van der Waals surface area contributed by atoms with E-state index in [-0.39, 0.29) is 6.04 Å². The second-order valence-electron chi connectivity index (χ2n) is 3.61. The summed E-state index contributed by atoms with van der Waals surface area (Å²) in [6, 6.07) is -0.700. The molecule has 0 spiro atoms. The summed E-state index contributed by atoms with van der Waals surface area (Å²) >= 11 is 0. The zero-order valence-electron chi connectivity index (χ0n) is 9.33. The predicted molar refractivity (Wildman–Crippen MR) is 57.7 cm³/mol. The third-order valence-electron chi connectivity index (χ3n) is 2.28. The van der Waals surface area contributed by atoms with Gasteiger partial charge in [-0.1, -0.05) is 13.0 Å². The van der Waals surface area contributed by atoms with E-state index in [2.05, 4.69) is 17.2 Å². The topological polar surface area (TPSA) is 78.4 Å². The van der Waals surface area contributed by atoms with Gasteiger partial charge in [-0.25, -0.2) is 9.59 Å². The number of rotatable bonds is 5. The van der Waals surface area contributed by atoms with Crippen LogP contribution in [0.1, 0.15) is 27.2 Å². The van der Waals surface area contributed by atoms with Crippen LogP contribution in [0.25, 0.3) is 0 Å². The monoisotopic (exact) mass is 214 g/mol. The van der Waals surface area contributed by atoms with E-state index < -0.39 is 17.5 Å². The van der Waals surface area contributed by atoms with Crippen molar-refractivity contribution < 1.29 is 14.7 Å². The second-order valence-corrected chi connectivity index (χ2v) is 3.61. The molecule has 0 saturated heterocycles. The van der Waals surface area contributed by atoms with Crippen molar-refractivity contribution in [2.24, 2.45) is 0 Å². The molecule has 0 aliphatic heterocycles. The van der Waals surface area contributed by atoms with E-state index in [4.69, 9.17) is 5.11 Å². The molecule has 0 fully saturated rings. The molecule has 0 radical (unpaired) electrons. The molecule has 5 nitrogen and oxygen atoms in total. The van der Waals surface area contributed by atoms with Crippen molar-refractivity contribution in [3.8, 4) is 0 Å². The van der Waals surface area contributed by atoms with E-state index in [1.165, 1.54) is 6.92 Å². The Morgan fingerprint density at radius 3 is 2.47 bits per heavy atom. The SMILES string of the molecule is C=CC(C)NC(=O)NC(C)(CC)C(=O)O. The molecule has 0 rings (SSSR count). The molecule has 0 saturated carbocycles. The van der Waals surface area contributed by atoms with Gasteiger partial charge in [0.1, 0.15) is 5.54 Å². The highest BCUT2D eigenvalue weighted by atomic mass is 16.4. The van der Waals surface area contributed by atoms with Crippen LogP contribution in [0.2, 0.25) is 0 Å². The zero-order chi connectivity index (χ0) is 12.1. The summed E-state index contributed by atoms with van der Waals surface area (Å²) in [7, 11) is 0. The quantitative estimate of drug-likeness (QED) is 0.600. The average Bonchev–Trinajstić information content (AvgIpc) is 2.16. The fourth-order valence-corrected chi connectivity index (χ4v) is 0.845. The van der Waals surface area contributed by atoms with Gasteiger partial charge in [0.15, 0.2) is 0 Å². The van der Waals surface area contributed by atoms with Crippen LogP contribution in [0, 0.1) is 0 Å². The predicted octanol–water partition coefficient (Wildman–Crippen LogP) is 1.11. The first-order valence-corrected chi connectivity index (χ1v) is 4.80. The summed E-state index contributed by atoms with van der Waals surface area (Å²) in [5.41, 5.74) is -1.23. The van der Waals surface area contributed by atoms with Gasteiger partial charge in [-0.2, -0.15) is 0 Å². The molecular formula is C10H18N2O3. The Balaban J connectivity index is 4.37. The molecule has 86 valence electrons. The average molecular weight is 214 g/mol. The molecule has 0 aliphatic rings. The molecule has 0 aliphatic carbocycles. The molecule has 2 unspecified atom stereocenters. The first-order valence-electron chi connectivity index (χ1n) is 4.80. The summed E-state index contributed by atoms with van der Waals surface area (Å²) in [5, 5.41) is 13.9. The van der Waals surface area contributed by atoms with Crippen molar-refractivity contribution in [3.05, 3.63) is 12.7 Å². The maximum Gasteiger partial charge on any atom is 0.329 e. The lowest BCUT2D eigenvalue weighted by Gasteiger charge is -2.25. The third-order valence-corrected chi connectivity index (χ3v) is 2.28. The Hall–Kier alpha value is -1.52. The smallest absolute Gasteiger partial charge is 0.329 e. The normalized spacial score (nSPS) is 15.9. The van der Waals surface area contributed by atoms with Crippen molar-refractivity contribution in [2.75, 3.05) is 0 Å². The van der Waals surface area contributed by atoms with Crippen LogP contribution in [-0.2, 0) is 4.79 Å². The van der Waals surface area contributed by atoms with Gasteiger partial charge in [0, 0.05) is 6.04 Å². The zero-order valence-corrected chi connectivity index (χ0v) is 9.33. The minimum absolute atomic E-state index is 0.195. The van der Waals surface area contributed by atoms with E-state index in [0.29, 0.717) is 6.42 Å². The summed E-state index contributed by atoms with van der Waals surface area (Å²) in [6.45, 7) is 8.42. The molecule has 0 aromatic rings. The van der Waals surface area contributed by atoms with Gasteiger partial charge in [0.2, 0.25) is 0 Å². The van der Waals surface area contributed by atoms with Gasteiger partial charge in [-0.3, -0.25) is 0 Å². The maximum atomic E-state index is 11.4. The summed E-state index contributed by atoms with van der Waals surface area (Å²) in [4.78, 5) is 22.2. The molecule has 0 heterocycles. The number of nitrogens with one attached hydrogen (secondary N) is 2. The van der Waals surface area contributed by atoms with Crippen molar-refractivity contribution >= 4 is 12.0 Å². The van der Waals surface area contributed by atoms with Crippen LogP contribution in [0.4, 0.5) is 4.79 Å². The second kappa shape index (κ2) is 5.38. The largest absolute Gasteiger partial charge is 0.480 e. The number of urea groups is 1. The Morgan fingerprint density at radius 1 is 1.60 bits per heavy atom. The fraction of sp³-hybridized carbons (Fsp3) is 0.600. The standard InChI is InChI=1S/C10H18N2O3/c1-5-7(3)11-9(15)12-10(4,6-2)8(13)14/h5,7H,1,6H2,2-4H3,(H,13,14)(H2,11,12,15). The van der Waals surface area contributed by atoms with Gasteiger partial charge in [-0.15, -0.1) is 6.58 Å². The van der Waals surface area contributed by atoms with E-state index in [9.17, 15) is 9.59 Å². The van der Waals surface area contributed by atoms with Gasteiger partial charge in [-0.05, 0) is 20.3 Å². The molecule has 2 amide bonds. The van der Waals surface area contributed by atoms with Crippen molar-refractivity contribution in [2.45, 2.75) is 38.8 Å². The lowest BCUT2D eigenvalue weighted by molar-refractivity contribution is -0.143. The number of hydrogen-bond acceptors (Lipinski definition) is 2. The molecule has 3 N–H and O–H groups in total. The summed E-state index contributed by atoms with van der Waals surface area (Å²) in [5.74, 6) is -1.05.